The Balaban J connectivity index is 1.93. The highest BCUT2D eigenvalue weighted by molar-refractivity contribution is 7.89. The average Bonchev–Trinajstić information content (AvgIpc) is 2.73. The number of fused-ring (bicyclic) bond motifs is 2. The van der Waals surface area contributed by atoms with Gasteiger partial charge in [-0.15, -0.1) is 0 Å². The minimum atomic E-state index is -3.80. The van der Waals surface area contributed by atoms with E-state index in [9.17, 15) is 8.42 Å². The van der Waals surface area contributed by atoms with Gasteiger partial charge < -0.3 is 5.32 Å². The first-order valence-corrected chi connectivity index (χ1v) is 10.3. The maximum atomic E-state index is 11.5. The summed E-state index contributed by atoms with van der Waals surface area (Å²) < 4.78 is 23.0. The number of sulfonamides is 1. The quantitative estimate of drug-likeness (QED) is 0.179. The molecule has 3 N–H and O–H groups in total. The minimum absolute atomic E-state index is 0.000471. The lowest BCUT2D eigenvalue weighted by Crippen LogP contribution is -2.11. The number of nitrogens with two attached hydrogens (primary N) is 1. The standard InChI is InChI=1S/C19H13N9O2S/c20-27-25-12-3-7-15-17(9-12)24-18-10-13(26-28-21)4-8-16(18)19(15)23-11-1-5-14(6-2-11)31(22,29)30/h1-10H,(H,23,24)(H2,22,29,30). The Morgan fingerprint density at radius 3 is 1.81 bits per heavy atom. The SMILES string of the molecule is [N-]=[N+]=Nc1ccc2c(Nc3ccc(S(N)(=O)=O)cc3)c3ccc(N=[N+]=[N-])cc3nc2c1. The molecule has 0 aliphatic carbocycles. The molecule has 152 valence electrons. The van der Waals surface area contributed by atoms with Gasteiger partial charge in [0.25, 0.3) is 0 Å². The number of nitrogens with one attached hydrogen (secondary N) is 1. The van der Waals surface area contributed by atoms with Gasteiger partial charge in [0.05, 0.1) is 21.6 Å². The number of aromatic nitrogens is 1. The molecule has 0 unspecified atom stereocenters. The van der Waals surface area contributed by atoms with E-state index in [1.165, 1.54) is 12.1 Å². The molecule has 12 heteroatoms. The molecular weight excluding hydrogens is 418 g/mol. The number of primary sulfonamides is 1. The highest BCUT2D eigenvalue weighted by Crippen LogP contribution is 2.36. The molecule has 0 aliphatic rings. The van der Waals surface area contributed by atoms with Gasteiger partial charge in [0.1, 0.15) is 0 Å². The van der Waals surface area contributed by atoms with Crippen LogP contribution in [0.4, 0.5) is 22.7 Å². The second-order valence-electron chi connectivity index (χ2n) is 6.46. The van der Waals surface area contributed by atoms with Crippen LogP contribution in [0.5, 0.6) is 0 Å². The van der Waals surface area contributed by atoms with Crippen LogP contribution in [0.2, 0.25) is 0 Å². The van der Waals surface area contributed by atoms with Crippen LogP contribution < -0.4 is 10.5 Å². The fraction of sp³-hybridized carbons (Fsp3) is 0. The zero-order chi connectivity index (χ0) is 22.0. The zero-order valence-electron chi connectivity index (χ0n) is 15.7. The van der Waals surface area contributed by atoms with Crippen LogP contribution >= 0.6 is 0 Å². The summed E-state index contributed by atoms with van der Waals surface area (Å²) in [4.78, 5) is 10.2. The molecule has 4 aromatic rings. The van der Waals surface area contributed by atoms with Gasteiger partial charge in [0, 0.05) is 37.7 Å². The number of hydrogen-bond acceptors (Lipinski definition) is 6. The molecule has 3 aromatic carbocycles. The predicted molar refractivity (Wildman–Crippen MR) is 118 cm³/mol. The molecule has 0 saturated carbocycles. The molecule has 0 aliphatic heterocycles. The number of rotatable bonds is 5. The fourth-order valence-electron chi connectivity index (χ4n) is 3.16. The Morgan fingerprint density at radius 1 is 0.839 bits per heavy atom. The summed E-state index contributed by atoms with van der Waals surface area (Å²) in [6, 6.07) is 16.2. The molecule has 0 fully saturated rings. The first kappa shape index (κ1) is 20.0. The van der Waals surface area contributed by atoms with Gasteiger partial charge in [-0.05, 0) is 47.5 Å². The van der Waals surface area contributed by atoms with Crippen LogP contribution in [0, 0.1) is 0 Å². The molecule has 0 spiro atoms. The average molecular weight is 431 g/mol. The van der Waals surface area contributed by atoms with E-state index < -0.39 is 10.0 Å². The van der Waals surface area contributed by atoms with Crippen molar-refractivity contribution in [2.75, 3.05) is 5.32 Å². The van der Waals surface area contributed by atoms with E-state index >= 15 is 0 Å². The highest BCUT2D eigenvalue weighted by atomic mass is 32.2. The molecule has 4 rings (SSSR count). The Bertz CT molecular complexity index is 1460. The number of hydrogen-bond donors (Lipinski definition) is 2. The largest absolute Gasteiger partial charge is 0.354 e. The lowest BCUT2D eigenvalue weighted by atomic mass is 10.1. The van der Waals surface area contributed by atoms with Crippen molar-refractivity contribution in [1.82, 2.24) is 4.98 Å². The molecule has 1 heterocycles. The van der Waals surface area contributed by atoms with E-state index in [2.05, 4.69) is 30.4 Å². The molecule has 1 aromatic heterocycles. The molecule has 0 atom stereocenters. The van der Waals surface area contributed by atoms with Crippen LogP contribution in [-0.4, -0.2) is 13.4 Å². The molecule has 0 saturated heterocycles. The topological polar surface area (TPSA) is 183 Å². The number of benzene rings is 3. The van der Waals surface area contributed by atoms with E-state index in [0.29, 0.717) is 33.8 Å². The van der Waals surface area contributed by atoms with Gasteiger partial charge in [0.15, 0.2) is 0 Å². The fourth-order valence-corrected chi connectivity index (χ4v) is 3.67. The van der Waals surface area contributed by atoms with Crippen LogP contribution in [0.25, 0.3) is 42.7 Å². The van der Waals surface area contributed by atoms with Crippen LogP contribution in [-0.2, 0) is 10.0 Å². The highest BCUT2D eigenvalue weighted by Gasteiger charge is 2.12. The Labute approximate surface area is 175 Å². The number of pyridine rings is 1. The van der Waals surface area contributed by atoms with Crippen molar-refractivity contribution in [3.63, 3.8) is 0 Å². The second-order valence-corrected chi connectivity index (χ2v) is 8.02. The van der Waals surface area contributed by atoms with Crippen LogP contribution in [0.15, 0.2) is 75.8 Å². The summed E-state index contributed by atoms with van der Waals surface area (Å²) in [7, 11) is -3.80. The molecular formula is C19H13N9O2S. The summed E-state index contributed by atoms with van der Waals surface area (Å²) >= 11 is 0. The normalized spacial score (nSPS) is 11.0. The smallest absolute Gasteiger partial charge is 0.238 e. The van der Waals surface area contributed by atoms with Crippen molar-refractivity contribution in [2.24, 2.45) is 15.4 Å². The maximum Gasteiger partial charge on any atom is 0.238 e. The van der Waals surface area contributed by atoms with E-state index in [1.54, 1.807) is 48.5 Å². The first-order chi connectivity index (χ1) is 14.9. The molecule has 0 bridgehead atoms. The lowest BCUT2D eigenvalue weighted by molar-refractivity contribution is 0.598. The van der Waals surface area contributed by atoms with E-state index in [-0.39, 0.29) is 4.90 Å². The zero-order valence-corrected chi connectivity index (χ0v) is 16.5. The van der Waals surface area contributed by atoms with Crippen LogP contribution in [0.3, 0.4) is 0 Å². The van der Waals surface area contributed by atoms with Gasteiger partial charge in [-0.2, -0.15) is 0 Å². The third-order valence-corrected chi connectivity index (χ3v) is 5.44. The molecule has 0 radical (unpaired) electrons. The Kier molecular flexibility index (Phi) is 5.04. The van der Waals surface area contributed by atoms with Crippen molar-refractivity contribution < 1.29 is 8.42 Å². The van der Waals surface area contributed by atoms with Crippen molar-refractivity contribution >= 4 is 54.6 Å². The third-order valence-electron chi connectivity index (χ3n) is 4.51. The summed E-state index contributed by atoms with van der Waals surface area (Å²) in [6.07, 6.45) is 0. The van der Waals surface area contributed by atoms with Gasteiger partial charge >= 0.3 is 0 Å². The second kappa shape index (κ2) is 7.82. The van der Waals surface area contributed by atoms with Gasteiger partial charge in [0.2, 0.25) is 10.0 Å². The third kappa shape index (κ3) is 4.04. The van der Waals surface area contributed by atoms with Crippen molar-refractivity contribution in [1.29, 1.82) is 0 Å². The summed E-state index contributed by atoms with van der Waals surface area (Å²) in [6.45, 7) is 0. The molecule has 0 amide bonds. The number of anilines is 2. The van der Waals surface area contributed by atoms with Crippen molar-refractivity contribution in [3.8, 4) is 0 Å². The van der Waals surface area contributed by atoms with E-state index in [4.69, 9.17) is 16.2 Å². The van der Waals surface area contributed by atoms with E-state index in [1.807, 2.05) is 0 Å². The van der Waals surface area contributed by atoms with Gasteiger partial charge in [-0.25, -0.2) is 18.5 Å². The van der Waals surface area contributed by atoms with Gasteiger partial charge in [-0.1, -0.05) is 34.5 Å². The Hall–Kier alpha value is -4.34. The molecule has 11 nitrogen and oxygen atoms in total. The maximum absolute atomic E-state index is 11.5. The number of nitrogens with zero attached hydrogens (tertiary/aromatic N) is 7. The summed E-state index contributed by atoms with van der Waals surface area (Å²) in [5, 5.41) is 17.2. The van der Waals surface area contributed by atoms with E-state index in [0.717, 1.165) is 10.8 Å². The predicted octanol–water partition coefficient (Wildman–Crippen LogP) is 5.66. The van der Waals surface area contributed by atoms with Gasteiger partial charge in [-0.3, -0.25) is 0 Å². The monoisotopic (exact) mass is 431 g/mol. The minimum Gasteiger partial charge on any atom is -0.354 e. The first-order valence-electron chi connectivity index (χ1n) is 8.77. The Morgan fingerprint density at radius 2 is 1.35 bits per heavy atom. The lowest BCUT2D eigenvalue weighted by Gasteiger charge is -2.14. The van der Waals surface area contributed by atoms with Crippen LogP contribution in [0.1, 0.15) is 0 Å². The summed E-state index contributed by atoms with van der Waals surface area (Å²) in [5.41, 5.74) is 20.7. The summed E-state index contributed by atoms with van der Waals surface area (Å²) in [5.74, 6) is 0. The number of azide groups is 2. The van der Waals surface area contributed by atoms with Crippen molar-refractivity contribution in [2.45, 2.75) is 4.90 Å². The molecule has 31 heavy (non-hydrogen) atoms. The van der Waals surface area contributed by atoms with Crippen molar-refractivity contribution in [3.05, 3.63) is 81.5 Å².